The summed E-state index contributed by atoms with van der Waals surface area (Å²) in [6.45, 7) is -0.183. The highest BCUT2D eigenvalue weighted by Crippen LogP contribution is 2.26. The lowest BCUT2D eigenvalue weighted by Crippen LogP contribution is -2.41. The Balaban J connectivity index is 2.14. The predicted molar refractivity (Wildman–Crippen MR) is 70.7 cm³/mol. The zero-order valence-corrected chi connectivity index (χ0v) is 11.4. The van der Waals surface area contributed by atoms with Crippen LogP contribution in [0.15, 0.2) is 18.2 Å². The van der Waals surface area contributed by atoms with Gasteiger partial charge in [-0.2, -0.15) is 5.26 Å². The molecule has 0 aliphatic carbocycles. The molecule has 1 saturated heterocycles. The quantitative estimate of drug-likeness (QED) is 0.909. The Labute approximate surface area is 119 Å². The van der Waals surface area contributed by atoms with Gasteiger partial charge in [-0.1, -0.05) is 11.6 Å². The van der Waals surface area contributed by atoms with E-state index in [1.807, 2.05) is 0 Å². The van der Waals surface area contributed by atoms with Crippen molar-refractivity contribution in [2.24, 2.45) is 0 Å². The highest BCUT2D eigenvalue weighted by molar-refractivity contribution is 6.31. The highest BCUT2D eigenvalue weighted by Gasteiger charge is 2.43. The second-order valence-corrected chi connectivity index (χ2v) is 5.12. The Morgan fingerprint density at radius 1 is 1.65 bits per heavy atom. The fourth-order valence-electron chi connectivity index (χ4n) is 2.07. The van der Waals surface area contributed by atoms with Gasteiger partial charge in [0.05, 0.1) is 11.1 Å². The lowest BCUT2D eigenvalue weighted by molar-refractivity contribution is -0.120. The second kappa shape index (κ2) is 5.35. The van der Waals surface area contributed by atoms with Gasteiger partial charge in [0.25, 0.3) is 0 Å². The summed E-state index contributed by atoms with van der Waals surface area (Å²) in [7, 11) is 1.48. The molecule has 0 bridgehead atoms. The standard InChI is InChI=1S/C13H12ClF2N3O/c1-19(8-2-3-10(15)9(14)4-8)12(20)11-5-13(16,6-17)7-18-11/h2-4,11,18H,5,7H2,1H3/t11-,13-/m0/s1. The first-order valence-electron chi connectivity index (χ1n) is 5.92. The third-order valence-corrected chi connectivity index (χ3v) is 3.57. The summed E-state index contributed by atoms with van der Waals surface area (Å²) in [6.07, 6.45) is -0.207. The highest BCUT2D eigenvalue weighted by atomic mass is 35.5. The van der Waals surface area contributed by atoms with Crippen LogP contribution in [0.4, 0.5) is 14.5 Å². The maximum atomic E-state index is 13.8. The molecule has 1 aromatic carbocycles. The Morgan fingerprint density at radius 2 is 2.35 bits per heavy atom. The molecule has 1 aliphatic heterocycles. The predicted octanol–water partition coefficient (Wildman–Crippen LogP) is 2.04. The van der Waals surface area contributed by atoms with Gasteiger partial charge in [-0.15, -0.1) is 0 Å². The number of hydrogen-bond acceptors (Lipinski definition) is 3. The molecule has 1 aromatic rings. The van der Waals surface area contributed by atoms with Crippen LogP contribution in [0.5, 0.6) is 0 Å². The van der Waals surface area contributed by atoms with E-state index in [1.165, 1.54) is 24.1 Å². The van der Waals surface area contributed by atoms with E-state index in [1.54, 1.807) is 6.07 Å². The molecule has 0 radical (unpaired) electrons. The van der Waals surface area contributed by atoms with Crippen molar-refractivity contribution in [3.05, 3.63) is 29.0 Å². The number of nitrogens with one attached hydrogen (secondary N) is 1. The van der Waals surface area contributed by atoms with E-state index in [4.69, 9.17) is 16.9 Å². The number of amides is 1. The molecule has 1 aliphatic rings. The van der Waals surface area contributed by atoms with Crippen LogP contribution in [0.3, 0.4) is 0 Å². The monoisotopic (exact) mass is 299 g/mol. The van der Waals surface area contributed by atoms with Gasteiger partial charge in [-0.05, 0) is 18.2 Å². The molecule has 1 N–H and O–H groups in total. The van der Waals surface area contributed by atoms with Crippen LogP contribution in [0, 0.1) is 17.1 Å². The molecular formula is C13H12ClF2N3O. The van der Waals surface area contributed by atoms with Crippen LogP contribution >= 0.6 is 11.6 Å². The molecular weight excluding hydrogens is 288 g/mol. The first kappa shape index (κ1) is 14.7. The van der Waals surface area contributed by atoms with Crippen molar-refractivity contribution in [2.45, 2.75) is 18.1 Å². The Morgan fingerprint density at radius 3 is 2.90 bits per heavy atom. The number of likely N-dealkylation sites (N-methyl/N-ethyl adjacent to an activating group) is 1. The van der Waals surface area contributed by atoms with Crippen LogP contribution in [0.1, 0.15) is 6.42 Å². The number of nitriles is 1. The molecule has 1 fully saturated rings. The summed E-state index contributed by atoms with van der Waals surface area (Å²) in [5, 5.41) is 11.3. The number of anilines is 1. The van der Waals surface area contributed by atoms with Crippen molar-refractivity contribution >= 4 is 23.2 Å². The Hall–Kier alpha value is -1.71. The van der Waals surface area contributed by atoms with Gasteiger partial charge in [0.1, 0.15) is 11.9 Å². The summed E-state index contributed by atoms with van der Waals surface area (Å²) in [5.74, 6) is -0.982. The Bertz CT molecular complexity index is 589. The van der Waals surface area contributed by atoms with E-state index in [9.17, 15) is 13.6 Å². The number of nitrogens with zero attached hydrogens (tertiary/aromatic N) is 2. The number of carbonyl (C=O) groups is 1. The molecule has 7 heteroatoms. The Kier molecular flexibility index (Phi) is 3.93. The lowest BCUT2D eigenvalue weighted by atomic mass is 10.0. The summed E-state index contributed by atoms with van der Waals surface area (Å²) in [6, 6.07) is 4.64. The summed E-state index contributed by atoms with van der Waals surface area (Å²) < 4.78 is 26.8. The van der Waals surface area contributed by atoms with Gasteiger partial charge < -0.3 is 10.2 Å². The zero-order valence-electron chi connectivity index (χ0n) is 10.7. The number of halogens is 3. The number of hydrogen-bond donors (Lipinski definition) is 1. The minimum absolute atomic E-state index is 0.0987. The smallest absolute Gasteiger partial charge is 0.244 e. The topological polar surface area (TPSA) is 56.1 Å². The van der Waals surface area contributed by atoms with Gasteiger partial charge >= 0.3 is 0 Å². The molecule has 1 heterocycles. The fourth-order valence-corrected chi connectivity index (χ4v) is 2.24. The van der Waals surface area contributed by atoms with Gasteiger partial charge in [0.15, 0.2) is 0 Å². The summed E-state index contributed by atoms with van der Waals surface area (Å²) >= 11 is 5.66. The number of rotatable bonds is 2. The molecule has 0 unspecified atom stereocenters. The van der Waals surface area contributed by atoms with Crippen molar-refractivity contribution in [3.8, 4) is 6.07 Å². The van der Waals surface area contributed by atoms with Gasteiger partial charge in [-0.3, -0.25) is 4.79 Å². The normalized spacial score (nSPS) is 25.2. The van der Waals surface area contributed by atoms with Crippen molar-refractivity contribution in [2.75, 3.05) is 18.5 Å². The molecule has 0 aromatic heterocycles. The first-order chi connectivity index (χ1) is 9.36. The van der Waals surface area contributed by atoms with Gasteiger partial charge in [0.2, 0.25) is 11.6 Å². The van der Waals surface area contributed by atoms with Crippen LogP contribution in [0.2, 0.25) is 5.02 Å². The number of carbonyl (C=O) groups excluding carboxylic acids is 1. The van der Waals surface area contributed by atoms with E-state index in [2.05, 4.69) is 5.32 Å². The average Bonchev–Trinajstić information content (AvgIpc) is 2.83. The van der Waals surface area contributed by atoms with Crippen LogP contribution in [-0.2, 0) is 4.79 Å². The maximum absolute atomic E-state index is 13.8. The van der Waals surface area contributed by atoms with Crippen LogP contribution in [-0.4, -0.2) is 31.2 Å². The van der Waals surface area contributed by atoms with E-state index in [0.29, 0.717) is 5.69 Å². The van der Waals surface area contributed by atoms with E-state index in [-0.39, 0.29) is 18.0 Å². The maximum Gasteiger partial charge on any atom is 0.244 e. The van der Waals surface area contributed by atoms with E-state index >= 15 is 0 Å². The number of alkyl halides is 1. The zero-order chi connectivity index (χ0) is 14.9. The molecule has 2 atom stereocenters. The molecule has 20 heavy (non-hydrogen) atoms. The van der Waals surface area contributed by atoms with Crippen LogP contribution in [0.25, 0.3) is 0 Å². The van der Waals surface area contributed by atoms with E-state index in [0.717, 1.165) is 6.07 Å². The average molecular weight is 300 g/mol. The minimum Gasteiger partial charge on any atom is -0.314 e. The molecule has 0 spiro atoms. The van der Waals surface area contributed by atoms with Crippen molar-refractivity contribution in [1.29, 1.82) is 5.26 Å². The summed E-state index contributed by atoms with van der Waals surface area (Å²) in [5.41, 5.74) is -1.63. The molecule has 2 rings (SSSR count). The summed E-state index contributed by atoms with van der Waals surface area (Å²) in [4.78, 5) is 13.5. The largest absolute Gasteiger partial charge is 0.314 e. The van der Waals surface area contributed by atoms with Gasteiger partial charge in [-0.25, -0.2) is 8.78 Å². The lowest BCUT2D eigenvalue weighted by Gasteiger charge is -2.21. The minimum atomic E-state index is -2.03. The SMILES string of the molecule is CN(C(=O)[C@@H]1C[C@](F)(C#N)CN1)c1ccc(F)c(Cl)c1. The first-order valence-corrected chi connectivity index (χ1v) is 6.30. The number of benzene rings is 1. The van der Waals surface area contributed by atoms with Gasteiger partial charge in [0, 0.05) is 25.7 Å². The molecule has 1 amide bonds. The molecule has 106 valence electrons. The third kappa shape index (κ3) is 2.74. The van der Waals surface area contributed by atoms with Crippen LogP contribution < -0.4 is 10.2 Å². The third-order valence-electron chi connectivity index (χ3n) is 3.28. The van der Waals surface area contributed by atoms with Crippen molar-refractivity contribution in [1.82, 2.24) is 5.32 Å². The van der Waals surface area contributed by atoms with E-state index < -0.39 is 23.4 Å². The molecule has 0 saturated carbocycles. The van der Waals surface area contributed by atoms with Crippen molar-refractivity contribution < 1.29 is 13.6 Å². The molecule has 4 nitrogen and oxygen atoms in total. The second-order valence-electron chi connectivity index (χ2n) is 4.71. The van der Waals surface area contributed by atoms with Crippen molar-refractivity contribution in [3.63, 3.8) is 0 Å². The fraction of sp³-hybridized carbons (Fsp3) is 0.385.